The number of hydrogen-bond donors (Lipinski definition) is 1. The number of ether oxygens (including phenoxy) is 1. The number of amides is 3. The van der Waals surface area contributed by atoms with Crippen LogP contribution in [0.1, 0.15) is 68.6 Å². The fourth-order valence-electron chi connectivity index (χ4n) is 5.37. The summed E-state index contributed by atoms with van der Waals surface area (Å²) in [6.07, 6.45) is 7.10. The molecular weight excluding hydrogens is 406 g/mol. The Hall–Kier alpha value is -2.57. The number of piperidine rings is 2. The molecule has 32 heavy (non-hydrogen) atoms. The molecule has 174 valence electrons. The topological polar surface area (TPSA) is 79.0 Å². The Morgan fingerprint density at radius 2 is 1.75 bits per heavy atom. The van der Waals surface area contributed by atoms with Gasteiger partial charge in [-0.2, -0.15) is 0 Å². The summed E-state index contributed by atoms with van der Waals surface area (Å²) in [7, 11) is 0. The van der Waals surface area contributed by atoms with Gasteiger partial charge in [-0.1, -0.05) is 18.6 Å². The van der Waals surface area contributed by atoms with Gasteiger partial charge in [-0.15, -0.1) is 0 Å². The van der Waals surface area contributed by atoms with Crippen LogP contribution < -0.4 is 10.1 Å². The minimum atomic E-state index is -0.125. The van der Waals surface area contributed by atoms with Crippen molar-refractivity contribution < 1.29 is 19.1 Å². The summed E-state index contributed by atoms with van der Waals surface area (Å²) in [5.41, 5.74) is 0.562. The monoisotopic (exact) mass is 441 g/mol. The van der Waals surface area contributed by atoms with Crippen LogP contribution in [0.15, 0.2) is 24.3 Å². The van der Waals surface area contributed by atoms with Gasteiger partial charge in [0.25, 0.3) is 5.91 Å². The maximum absolute atomic E-state index is 13.5. The van der Waals surface area contributed by atoms with Crippen molar-refractivity contribution in [1.29, 1.82) is 0 Å². The van der Waals surface area contributed by atoms with Crippen LogP contribution in [0.25, 0.3) is 0 Å². The summed E-state index contributed by atoms with van der Waals surface area (Å²) >= 11 is 0. The molecular formula is C25H35N3O4. The number of rotatable bonds is 1. The van der Waals surface area contributed by atoms with Crippen molar-refractivity contribution in [2.75, 3.05) is 26.2 Å². The molecule has 7 nitrogen and oxygen atoms in total. The van der Waals surface area contributed by atoms with Gasteiger partial charge in [0.05, 0.1) is 18.2 Å². The number of para-hydroxylation sites is 1. The minimum absolute atomic E-state index is 0.0264. The van der Waals surface area contributed by atoms with Crippen LogP contribution in [0.2, 0.25) is 0 Å². The molecule has 7 heteroatoms. The quantitative estimate of drug-likeness (QED) is 0.727. The maximum atomic E-state index is 13.5. The first-order chi connectivity index (χ1) is 15.5. The van der Waals surface area contributed by atoms with E-state index in [0.29, 0.717) is 31.0 Å². The van der Waals surface area contributed by atoms with Crippen molar-refractivity contribution in [3.05, 3.63) is 29.8 Å². The number of hydrogen-bond acceptors (Lipinski definition) is 4. The Morgan fingerprint density at radius 1 is 0.969 bits per heavy atom. The molecule has 1 aromatic carbocycles. The summed E-state index contributed by atoms with van der Waals surface area (Å²) in [6, 6.07) is 7.37. The van der Waals surface area contributed by atoms with Crippen LogP contribution in [-0.4, -0.2) is 65.8 Å². The Kier molecular flexibility index (Phi) is 7.33. The molecule has 0 bridgehead atoms. The lowest BCUT2D eigenvalue weighted by atomic mass is 9.88. The zero-order valence-corrected chi connectivity index (χ0v) is 19.1. The lowest BCUT2D eigenvalue weighted by Gasteiger charge is -2.44. The van der Waals surface area contributed by atoms with E-state index in [1.165, 1.54) is 0 Å². The van der Waals surface area contributed by atoms with Crippen LogP contribution in [0.5, 0.6) is 5.75 Å². The third-order valence-electron chi connectivity index (χ3n) is 7.20. The lowest BCUT2D eigenvalue weighted by molar-refractivity contribution is -0.144. The Morgan fingerprint density at radius 3 is 2.53 bits per heavy atom. The van der Waals surface area contributed by atoms with Gasteiger partial charge in [0.2, 0.25) is 11.8 Å². The van der Waals surface area contributed by atoms with Crippen molar-refractivity contribution in [2.45, 2.75) is 70.4 Å². The Labute approximate surface area is 190 Å². The van der Waals surface area contributed by atoms with E-state index in [0.717, 1.165) is 57.9 Å². The Balaban J connectivity index is 1.50. The largest absolute Gasteiger partial charge is 0.493 e. The molecule has 3 heterocycles. The van der Waals surface area contributed by atoms with E-state index < -0.39 is 0 Å². The molecule has 4 rings (SSSR count). The van der Waals surface area contributed by atoms with Crippen molar-refractivity contribution in [3.63, 3.8) is 0 Å². The number of carbonyl (C=O) groups is 3. The third-order valence-corrected chi connectivity index (χ3v) is 7.20. The molecule has 3 aliphatic rings. The first kappa shape index (κ1) is 22.6. The molecule has 0 aromatic heterocycles. The standard InChI is InChI=1S/C25H35N3O4/c1-18(29)27-15-12-19(13-16-27)25(31)28-14-7-9-21-22(28)10-3-2-6-17-32-23-11-5-4-8-20(23)24(30)26-21/h4-5,8,11,19,21-22H,2-3,6-7,9-10,12-17H2,1H3,(H,26,30)/t21-,22-/m0/s1. The average molecular weight is 442 g/mol. The minimum Gasteiger partial charge on any atom is -0.493 e. The first-order valence-electron chi connectivity index (χ1n) is 12.1. The number of benzene rings is 1. The van der Waals surface area contributed by atoms with Gasteiger partial charge in [-0.25, -0.2) is 0 Å². The van der Waals surface area contributed by atoms with Crippen LogP contribution in [0, 0.1) is 5.92 Å². The van der Waals surface area contributed by atoms with Crippen molar-refractivity contribution in [3.8, 4) is 5.75 Å². The zero-order chi connectivity index (χ0) is 22.5. The number of carbonyl (C=O) groups excluding carboxylic acids is 3. The molecule has 0 saturated carbocycles. The van der Waals surface area contributed by atoms with Gasteiger partial charge in [0.15, 0.2) is 0 Å². The molecule has 1 aromatic rings. The fourth-order valence-corrected chi connectivity index (χ4v) is 5.37. The van der Waals surface area contributed by atoms with Crippen molar-refractivity contribution >= 4 is 17.7 Å². The van der Waals surface area contributed by atoms with Crippen molar-refractivity contribution in [1.82, 2.24) is 15.1 Å². The van der Waals surface area contributed by atoms with Gasteiger partial charge in [0.1, 0.15) is 5.75 Å². The second kappa shape index (κ2) is 10.4. The number of likely N-dealkylation sites (tertiary alicyclic amines) is 2. The molecule has 0 spiro atoms. The fraction of sp³-hybridized carbons (Fsp3) is 0.640. The van der Waals surface area contributed by atoms with Gasteiger partial charge in [-0.3, -0.25) is 14.4 Å². The Bertz CT molecular complexity index is 834. The van der Waals surface area contributed by atoms with Crippen LogP contribution in [-0.2, 0) is 9.59 Å². The molecule has 1 N–H and O–H groups in total. The molecule has 0 aliphatic carbocycles. The van der Waals surface area contributed by atoms with Crippen LogP contribution in [0.3, 0.4) is 0 Å². The van der Waals surface area contributed by atoms with Gasteiger partial charge >= 0.3 is 0 Å². The van der Waals surface area contributed by atoms with E-state index >= 15 is 0 Å². The number of nitrogens with one attached hydrogen (secondary N) is 1. The van der Waals surface area contributed by atoms with Gasteiger partial charge < -0.3 is 19.9 Å². The van der Waals surface area contributed by atoms with E-state index in [2.05, 4.69) is 10.2 Å². The molecule has 0 radical (unpaired) electrons. The SMILES string of the molecule is CC(=O)N1CCC(C(=O)N2CCC[C@@H]3NC(=O)c4ccccc4OCCCCC[C@@H]32)CC1. The predicted molar refractivity (Wildman–Crippen MR) is 121 cm³/mol. The first-order valence-corrected chi connectivity index (χ1v) is 12.1. The molecule has 3 aliphatic heterocycles. The molecule has 2 fully saturated rings. The number of nitrogens with zero attached hydrogens (tertiary/aromatic N) is 2. The maximum Gasteiger partial charge on any atom is 0.255 e. The predicted octanol–water partition coefficient (Wildman–Crippen LogP) is 2.99. The second-order valence-electron chi connectivity index (χ2n) is 9.30. The van der Waals surface area contributed by atoms with E-state index in [1.54, 1.807) is 13.0 Å². The van der Waals surface area contributed by atoms with E-state index in [4.69, 9.17) is 4.74 Å². The summed E-state index contributed by atoms with van der Waals surface area (Å²) in [4.78, 5) is 42.2. The van der Waals surface area contributed by atoms with Gasteiger partial charge in [-0.05, 0) is 57.1 Å². The van der Waals surface area contributed by atoms with Crippen LogP contribution in [0.4, 0.5) is 0 Å². The van der Waals surface area contributed by atoms with Gasteiger partial charge in [0, 0.05) is 38.5 Å². The number of fused-ring (bicyclic) bond motifs is 2. The smallest absolute Gasteiger partial charge is 0.255 e. The molecule has 0 unspecified atom stereocenters. The highest BCUT2D eigenvalue weighted by Gasteiger charge is 2.38. The summed E-state index contributed by atoms with van der Waals surface area (Å²) in [5, 5.41) is 3.24. The van der Waals surface area contributed by atoms with E-state index in [-0.39, 0.29) is 35.7 Å². The van der Waals surface area contributed by atoms with Crippen molar-refractivity contribution in [2.24, 2.45) is 5.92 Å². The lowest BCUT2D eigenvalue weighted by Crippen LogP contribution is -2.58. The highest BCUT2D eigenvalue weighted by atomic mass is 16.5. The third kappa shape index (κ3) is 5.08. The normalized spacial score (nSPS) is 25.3. The van der Waals surface area contributed by atoms with E-state index in [9.17, 15) is 14.4 Å². The highest BCUT2D eigenvalue weighted by molar-refractivity contribution is 5.97. The summed E-state index contributed by atoms with van der Waals surface area (Å²) in [6.45, 7) is 4.24. The highest BCUT2D eigenvalue weighted by Crippen LogP contribution is 2.29. The molecule has 2 atom stereocenters. The molecule has 2 saturated heterocycles. The van der Waals surface area contributed by atoms with E-state index in [1.807, 2.05) is 23.1 Å². The van der Waals surface area contributed by atoms with Crippen LogP contribution >= 0.6 is 0 Å². The summed E-state index contributed by atoms with van der Waals surface area (Å²) < 4.78 is 5.88. The zero-order valence-electron chi connectivity index (χ0n) is 19.1. The molecule has 3 amide bonds. The second-order valence-corrected chi connectivity index (χ2v) is 9.30. The average Bonchev–Trinajstić information content (AvgIpc) is 2.81. The summed E-state index contributed by atoms with van der Waals surface area (Å²) in [5.74, 6) is 0.757.